The lowest BCUT2D eigenvalue weighted by Gasteiger charge is -2.20. The van der Waals surface area contributed by atoms with E-state index in [4.69, 9.17) is 0 Å². The number of benzene rings is 3. The Balaban J connectivity index is 1.56. The van der Waals surface area contributed by atoms with Gasteiger partial charge in [0.2, 0.25) is 0 Å². The van der Waals surface area contributed by atoms with Crippen molar-refractivity contribution in [3.8, 4) is 0 Å². The average molecular weight is 360 g/mol. The molecular weight excluding hydrogens is 340 g/mol. The zero-order valence-electron chi connectivity index (χ0n) is 14.8. The maximum Gasteiger partial charge on any atom is 0.323 e. The van der Waals surface area contributed by atoms with Crippen LogP contribution in [0.25, 0.3) is 0 Å². The van der Waals surface area contributed by atoms with Crippen LogP contribution in [0.5, 0.6) is 0 Å². The molecule has 0 aliphatic carbocycles. The smallest absolute Gasteiger partial charge is 0.308 e. The van der Waals surface area contributed by atoms with E-state index in [1.54, 1.807) is 48.5 Å². The number of hydrogen-bond acceptors (Lipinski definition) is 3. The van der Waals surface area contributed by atoms with Crippen molar-refractivity contribution < 1.29 is 9.59 Å². The second-order valence-corrected chi connectivity index (χ2v) is 5.86. The first-order valence-electron chi connectivity index (χ1n) is 8.45. The minimum absolute atomic E-state index is 0.235. The number of hydrogen-bond donors (Lipinski definition) is 3. The second-order valence-electron chi connectivity index (χ2n) is 5.86. The molecule has 6 heteroatoms. The maximum absolute atomic E-state index is 12.4. The lowest BCUT2D eigenvalue weighted by atomic mass is 10.2. The summed E-state index contributed by atoms with van der Waals surface area (Å²) in [7, 11) is 1.77. The number of nitrogens with one attached hydrogen (secondary N) is 3. The van der Waals surface area contributed by atoms with E-state index in [1.807, 2.05) is 48.5 Å². The summed E-state index contributed by atoms with van der Waals surface area (Å²) < 4.78 is 0. The van der Waals surface area contributed by atoms with Crippen molar-refractivity contribution in [1.29, 1.82) is 0 Å². The third kappa shape index (κ3) is 5.09. The topological polar surface area (TPSA) is 73.5 Å². The van der Waals surface area contributed by atoms with Gasteiger partial charge in [-0.15, -0.1) is 0 Å². The second kappa shape index (κ2) is 8.53. The van der Waals surface area contributed by atoms with Gasteiger partial charge in [0.05, 0.1) is 5.69 Å². The van der Waals surface area contributed by atoms with Gasteiger partial charge in [-0.3, -0.25) is 15.2 Å². The summed E-state index contributed by atoms with van der Waals surface area (Å²) in [6, 6.07) is 25.0. The van der Waals surface area contributed by atoms with Gasteiger partial charge in [-0.25, -0.2) is 4.79 Å². The van der Waals surface area contributed by atoms with Crippen LogP contribution in [0, 0.1) is 0 Å². The van der Waals surface area contributed by atoms with Crippen molar-refractivity contribution in [1.82, 2.24) is 5.43 Å². The molecule has 0 unspecified atom stereocenters. The van der Waals surface area contributed by atoms with Crippen LogP contribution in [-0.2, 0) is 0 Å². The predicted octanol–water partition coefficient (Wildman–Crippen LogP) is 4.11. The van der Waals surface area contributed by atoms with Crippen LogP contribution in [0.2, 0.25) is 0 Å². The molecule has 3 amide bonds. The Morgan fingerprint density at radius 2 is 1.22 bits per heavy atom. The summed E-state index contributed by atoms with van der Waals surface area (Å²) in [6.45, 7) is 0. The molecule has 0 saturated carbocycles. The van der Waals surface area contributed by atoms with E-state index in [1.165, 1.54) is 0 Å². The van der Waals surface area contributed by atoms with Crippen molar-refractivity contribution in [3.63, 3.8) is 0 Å². The zero-order chi connectivity index (χ0) is 19.1. The van der Waals surface area contributed by atoms with Gasteiger partial charge in [0.25, 0.3) is 5.91 Å². The van der Waals surface area contributed by atoms with Crippen LogP contribution in [0.15, 0.2) is 84.9 Å². The number of amides is 3. The summed E-state index contributed by atoms with van der Waals surface area (Å²) in [5.41, 5.74) is 5.47. The number of hydrazine groups is 1. The molecule has 6 nitrogen and oxygen atoms in total. The molecule has 0 aliphatic heterocycles. The van der Waals surface area contributed by atoms with Crippen LogP contribution in [0.3, 0.4) is 0 Å². The first-order valence-corrected chi connectivity index (χ1v) is 8.45. The van der Waals surface area contributed by atoms with E-state index in [-0.39, 0.29) is 11.9 Å². The average Bonchev–Trinajstić information content (AvgIpc) is 2.70. The van der Waals surface area contributed by atoms with E-state index in [0.29, 0.717) is 16.9 Å². The number of rotatable bonds is 5. The Morgan fingerprint density at radius 3 is 1.81 bits per heavy atom. The standard InChI is InChI=1S/C21H20N4O2/c1-25(19-10-6-3-7-11-19)24-20(26)16-12-14-18(15-13-16)23-21(27)22-17-8-4-2-5-9-17/h2-15H,1H3,(H,24,26)(H2,22,23,27). The SMILES string of the molecule is CN(NC(=O)c1ccc(NC(=O)Nc2ccccc2)cc1)c1ccccc1. The molecule has 3 aromatic carbocycles. The summed E-state index contributed by atoms with van der Waals surface area (Å²) in [4.78, 5) is 24.3. The Labute approximate surface area is 157 Å². The van der Waals surface area contributed by atoms with E-state index >= 15 is 0 Å². The van der Waals surface area contributed by atoms with E-state index < -0.39 is 0 Å². The molecule has 0 bridgehead atoms. The Kier molecular flexibility index (Phi) is 5.69. The lowest BCUT2D eigenvalue weighted by molar-refractivity contribution is 0.0951. The third-order valence-electron chi connectivity index (χ3n) is 3.85. The number of carbonyl (C=O) groups excluding carboxylic acids is 2. The highest BCUT2D eigenvalue weighted by Crippen LogP contribution is 2.13. The maximum atomic E-state index is 12.4. The van der Waals surface area contributed by atoms with Gasteiger partial charge in [-0.2, -0.15) is 0 Å². The number of para-hydroxylation sites is 2. The molecule has 0 spiro atoms. The van der Waals surface area contributed by atoms with Crippen molar-refractivity contribution in [2.24, 2.45) is 0 Å². The fraction of sp³-hybridized carbons (Fsp3) is 0.0476. The van der Waals surface area contributed by atoms with Crippen LogP contribution >= 0.6 is 0 Å². The first kappa shape index (κ1) is 18.0. The van der Waals surface area contributed by atoms with Crippen LogP contribution in [0.1, 0.15) is 10.4 Å². The lowest BCUT2D eigenvalue weighted by Crippen LogP contribution is -2.39. The summed E-state index contributed by atoms with van der Waals surface area (Å²) in [6.07, 6.45) is 0. The zero-order valence-corrected chi connectivity index (χ0v) is 14.8. The number of nitrogens with zero attached hydrogens (tertiary/aromatic N) is 1. The fourth-order valence-corrected chi connectivity index (χ4v) is 2.45. The highest BCUT2D eigenvalue weighted by atomic mass is 16.2. The van der Waals surface area contributed by atoms with Gasteiger partial charge in [-0.1, -0.05) is 36.4 Å². The Morgan fingerprint density at radius 1 is 0.704 bits per heavy atom. The van der Waals surface area contributed by atoms with Gasteiger partial charge < -0.3 is 10.6 Å². The number of urea groups is 1. The monoisotopic (exact) mass is 360 g/mol. The van der Waals surface area contributed by atoms with Crippen LogP contribution in [-0.4, -0.2) is 19.0 Å². The van der Waals surface area contributed by atoms with E-state index in [2.05, 4.69) is 16.1 Å². The third-order valence-corrected chi connectivity index (χ3v) is 3.85. The minimum atomic E-state index is -0.345. The Bertz CT molecular complexity index is 896. The van der Waals surface area contributed by atoms with Crippen molar-refractivity contribution in [2.45, 2.75) is 0 Å². The Hall–Kier alpha value is -3.80. The molecule has 0 heterocycles. The van der Waals surface area contributed by atoms with Crippen molar-refractivity contribution >= 4 is 29.0 Å². The molecule has 3 N–H and O–H groups in total. The molecule has 27 heavy (non-hydrogen) atoms. The van der Waals surface area contributed by atoms with Gasteiger partial charge in [0.1, 0.15) is 0 Å². The minimum Gasteiger partial charge on any atom is -0.308 e. The summed E-state index contributed by atoms with van der Waals surface area (Å²) >= 11 is 0. The molecule has 0 aromatic heterocycles. The molecule has 0 atom stereocenters. The molecule has 136 valence electrons. The largest absolute Gasteiger partial charge is 0.323 e. The van der Waals surface area contributed by atoms with Crippen molar-refractivity contribution in [2.75, 3.05) is 22.7 Å². The first-order chi connectivity index (χ1) is 13.1. The quantitative estimate of drug-likeness (QED) is 0.600. The highest BCUT2D eigenvalue weighted by Gasteiger charge is 2.09. The molecular formula is C21H20N4O2. The van der Waals surface area contributed by atoms with E-state index in [9.17, 15) is 9.59 Å². The van der Waals surface area contributed by atoms with Crippen LogP contribution < -0.4 is 21.1 Å². The number of anilines is 3. The molecule has 0 saturated heterocycles. The molecule has 0 aliphatic rings. The predicted molar refractivity (Wildman–Crippen MR) is 108 cm³/mol. The molecule has 3 aromatic rings. The van der Waals surface area contributed by atoms with Gasteiger partial charge >= 0.3 is 6.03 Å². The number of carbonyl (C=O) groups is 2. The van der Waals surface area contributed by atoms with Gasteiger partial charge in [0, 0.05) is 24.0 Å². The highest BCUT2D eigenvalue weighted by molar-refractivity contribution is 6.00. The summed E-state index contributed by atoms with van der Waals surface area (Å²) in [5.74, 6) is -0.235. The summed E-state index contributed by atoms with van der Waals surface area (Å²) in [5, 5.41) is 7.12. The van der Waals surface area contributed by atoms with E-state index in [0.717, 1.165) is 5.69 Å². The molecule has 0 fully saturated rings. The van der Waals surface area contributed by atoms with Gasteiger partial charge in [-0.05, 0) is 48.5 Å². The van der Waals surface area contributed by atoms with Gasteiger partial charge in [0.15, 0.2) is 0 Å². The van der Waals surface area contributed by atoms with Crippen molar-refractivity contribution in [3.05, 3.63) is 90.5 Å². The molecule has 3 rings (SSSR count). The van der Waals surface area contributed by atoms with Crippen LogP contribution in [0.4, 0.5) is 21.9 Å². The normalized spacial score (nSPS) is 9.96. The fourth-order valence-electron chi connectivity index (χ4n) is 2.45. The molecule has 0 radical (unpaired) electrons.